The fourth-order valence-corrected chi connectivity index (χ4v) is 6.47. The van der Waals surface area contributed by atoms with Crippen molar-refractivity contribution in [3.8, 4) is 17.2 Å². The first kappa shape index (κ1) is 32.0. The molecule has 0 unspecified atom stereocenters. The summed E-state index contributed by atoms with van der Waals surface area (Å²) in [7, 11) is 1.35. The lowest BCUT2D eigenvalue weighted by Crippen LogP contribution is -2.37. The topological polar surface area (TPSA) is 105 Å². The Morgan fingerprint density at radius 3 is 2.04 bits per heavy atom. The maximum absolute atomic E-state index is 13.7. The van der Waals surface area contributed by atoms with Gasteiger partial charge in [-0.2, -0.15) is 13.2 Å². The average Bonchev–Trinajstić information content (AvgIpc) is 2.90. The molecule has 238 valence electrons. The number of nitro groups is 1. The highest BCUT2D eigenvalue weighted by atomic mass is 19.4. The van der Waals surface area contributed by atoms with E-state index in [-0.39, 0.29) is 53.2 Å². The molecule has 0 radical (unpaired) electrons. The summed E-state index contributed by atoms with van der Waals surface area (Å²) in [6.07, 6.45) is -1.51. The first-order valence-electron chi connectivity index (χ1n) is 14.5. The number of carbonyl (C=O) groups excluding carboxylic acids is 2. The summed E-state index contributed by atoms with van der Waals surface area (Å²) < 4.78 is 57.9. The van der Waals surface area contributed by atoms with E-state index in [0.717, 1.165) is 6.07 Å². The molecule has 5 rings (SSSR count). The lowest BCUT2D eigenvalue weighted by Gasteiger charge is -2.42. The number of Topliss-reactive ketones (excluding diaryl/α,β-unsaturated/α-hetero) is 2. The number of nitro benzene ring substituents is 1. The number of allylic oxidation sites excluding steroid dienone is 5. The predicted molar refractivity (Wildman–Crippen MR) is 159 cm³/mol. The smallest absolute Gasteiger partial charge is 0.416 e. The van der Waals surface area contributed by atoms with Crippen LogP contribution in [0.15, 0.2) is 65.7 Å². The van der Waals surface area contributed by atoms with Crippen molar-refractivity contribution in [1.29, 1.82) is 0 Å². The third kappa shape index (κ3) is 6.12. The Balaban J connectivity index is 1.69. The molecule has 8 nitrogen and oxygen atoms in total. The van der Waals surface area contributed by atoms with Crippen molar-refractivity contribution in [3.05, 3.63) is 92.5 Å². The second-order valence-electron chi connectivity index (χ2n) is 13.3. The Morgan fingerprint density at radius 1 is 0.978 bits per heavy atom. The van der Waals surface area contributed by atoms with Gasteiger partial charge in [-0.3, -0.25) is 19.7 Å². The van der Waals surface area contributed by atoms with E-state index < -0.39 is 34.0 Å². The van der Waals surface area contributed by atoms with Gasteiger partial charge in [0.2, 0.25) is 5.75 Å². The number of carbonyl (C=O) groups is 2. The van der Waals surface area contributed by atoms with Gasteiger partial charge >= 0.3 is 11.9 Å². The Bertz CT molecular complexity index is 1650. The highest BCUT2D eigenvalue weighted by molar-refractivity contribution is 6.06. The number of alkyl halides is 3. The molecule has 0 fully saturated rings. The molecule has 0 aromatic heterocycles. The van der Waals surface area contributed by atoms with Crippen LogP contribution in [0, 0.1) is 20.9 Å². The van der Waals surface area contributed by atoms with E-state index in [4.69, 9.17) is 14.2 Å². The van der Waals surface area contributed by atoms with Gasteiger partial charge in [0.25, 0.3) is 0 Å². The van der Waals surface area contributed by atoms with Crippen LogP contribution in [0.25, 0.3) is 0 Å². The van der Waals surface area contributed by atoms with Crippen molar-refractivity contribution in [1.82, 2.24) is 0 Å². The number of rotatable bonds is 7. The Morgan fingerprint density at radius 2 is 1.56 bits per heavy atom. The van der Waals surface area contributed by atoms with Crippen molar-refractivity contribution >= 4 is 17.3 Å². The Hall–Kier alpha value is -4.41. The maximum atomic E-state index is 13.7. The summed E-state index contributed by atoms with van der Waals surface area (Å²) in [5.74, 6) is -0.192. The molecule has 1 heterocycles. The van der Waals surface area contributed by atoms with Gasteiger partial charge < -0.3 is 14.2 Å². The molecular weight excluding hydrogens is 591 g/mol. The van der Waals surface area contributed by atoms with Crippen molar-refractivity contribution < 1.29 is 41.9 Å². The molecule has 0 saturated heterocycles. The predicted octanol–water partition coefficient (Wildman–Crippen LogP) is 8.54. The molecule has 1 aliphatic heterocycles. The lowest BCUT2D eigenvalue weighted by molar-refractivity contribution is -0.385. The quantitative estimate of drug-likeness (QED) is 0.172. The van der Waals surface area contributed by atoms with Crippen molar-refractivity contribution in [2.45, 2.75) is 71.9 Å². The van der Waals surface area contributed by atoms with Crippen molar-refractivity contribution in [2.75, 3.05) is 7.11 Å². The largest absolute Gasteiger partial charge is 0.493 e. The van der Waals surface area contributed by atoms with Crippen molar-refractivity contribution in [2.24, 2.45) is 10.8 Å². The van der Waals surface area contributed by atoms with E-state index in [1.54, 1.807) is 18.2 Å². The number of nitrogens with zero attached hydrogens (tertiary/aromatic N) is 1. The molecule has 11 heteroatoms. The van der Waals surface area contributed by atoms with E-state index in [1.807, 2.05) is 27.7 Å². The van der Waals surface area contributed by atoms with Gasteiger partial charge in [0.15, 0.2) is 23.1 Å². The second kappa shape index (κ2) is 11.2. The number of ketones is 2. The van der Waals surface area contributed by atoms with E-state index in [9.17, 15) is 32.9 Å². The number of methoxy groups -OCH3 is 1. The normalized spacial score (nSPS) is 19.5. The van der Waals surface area contributed by atoms with E-state index in [1.165, 1.54) is 7.11 Å². The highest BCUT2D eigenvalue weighted by Gasteiger charge is 2.48. The summed E-state index contributed by atoms with van der Waals surface area (Å²) in [5.41, 5.74) is -0.916. The van der Waals surface area contributed by atoms with Crippen LogP contribution in [-0.2, 0) is 26.9 Å². The zero-order valence-corrected chi connectivity index (χ0v) is 25.7. The number of benzene rings is 2. The van der Waals surface area contributed by atoms with Crippen LogP contribution in [0.5, 0.6) is 17.2 Å². The standard InChI is InChI=1S/C34H34F3NO7/c1-7-8-18-11-19(12-25(43-6)31(18)45-24-10-9-20(34(35,36)37)13-21(24)38(41)42)28-29-22(39)14-32(2,3)16-26(29)44-27-17-33(4,5)15-23(40)30(27)28/h7,9-13,28H,1,8,14-17H2,2-6H3. The monoisotopic (exact) mass is 625 g/mol. The minimum Gasteiger partial charge on any atom is -0.493 e. The van der Waals surface area contributed by atoms with Gasteiger partial charge in [-0.1, -0.05) is 39.8 Å². The zero-order valence-electron chi connectivity index (χ0n) is 25.7. The number of hydrogen-bond acceptors (Lipinski definition) is 7. The lowest BCUT2D eigenvalue weighted by atomic mass is 9.65. The molecule has 45 heavy (non-hydrogen) atoms. The Labute approximate surface area is 258 Å². The van der Waals surface area contributed by atoms with Crippen LogP contribution in [0.1, 0.15) is 76.0 Å². The maximum Gasteiger partial charge on any atom is 0.416 e. The van der Waals surface area contributed by atoms with Gasteiger partial charge in [-0.15, -0.1) is 6.58 Å². The molecule has 0 amide bonds. The van der Waals surface area contributed by atoms with Gasteiger partial charge in [0, 0.05) is 54.4 Å². The third-order valence-corrected chi connectivity index (χ3v) is 8.35. The average molecular weight is 626 g/mol. The fourth-order valence-electron chi connectivity index (χ4n) is 6.47. The summed E-state index contributed by atoms with van der Waals surface area (Å²) in [6, 6.07) is 5.33. The van der Waals surface area contributed by atoms with E-state index in [0.29, 0.717) is 58.8 Å². The van der Waals surface area contributed by atoms with Crippen LogP contribution < -0.4 is 9.47 Å². The molecule has 0 saturated carbocycles. The molecule has 0 atom stereocenters. The summed E-state index contributed by atoms with van der Waals surface area (Å²) in [4.78, 5) is 38.3. The van der Waals surface area contributed by atoms with E-state index >= 15 is 0 Å². The molecule has 0 N–H and O–H groups in total. The summed E-state index contributed by atoms with van der Waals surface area (Å²) in [5, 5.41) is 11.8. The SMILES string of the molecule is C=CCc1cc(C2C3=C(CC(C)(C)CC3=O)OC3=C2C(=O)CC(C)(C)C3)cc(OC)c1Oc1ccc(C(F)(F)F)cc1[N+](=O)[O-]. The minimum absolute atomic E-state index is 0.0340. The number of halogens is 3. The van der Waals surface area contributed by atoms with Crippen LogP contribution in [-0.4, -0.2) is 23.6 Å². The van der Waals surface area contributed by atoms with Crippen molar-refractivity contribution in [3.63, 3.8) is 0 Å². The minimum atomic E-state index is -4.79. The molecule has 2 aromatic rings. The van der Waals surface area contributed by atoms with Crippen LogP contribution >= 0.6 is 0 Å². The number of ether oxygens (including phenoxy) is 3. The van der Waals surface area contributed by atoms with Gasteiger partial charge in [-0.25, -0.2) is 0 Å². The molecule has 2 aliphatic carbocycles. The van der Waals surface area contributed by atoms with Gasteiger partial charge in [0.1, 0.15) is 11.5 Å². The first-order valence-corrected chi connectivity index (χ1v) is 14.5. The zero-order chi connectivity index (χ0) is 33.1. The molecule has 0 bridgehead atoms. The van der Waals surface area contributed by atoms with Gasteiger partial charge in [0.05, 0.1) is 17.6 Å². The second-order valence-corrected chi connectivity index (χ2v) is 13.3. The summed E-state index contributed by atoms with van der Waals surface area (Å²) in [6.45, 7) is 11.8. The highest BCUT2D eigenvalue weighted by Crippen LogP contribution is 2.54. The first-order chi connectivity index (χ1) is 20.9. The molecular formula is C34H34F3NO7. The summed E-state index contributed by atoms with van der Waals surface area (Å²) >= 11 is 0. The van der Waals surface area contributed by atoms with Gasteiger partial charge in [-0.05, 0) is 41.0 Å². The van der Waals surface area contributed by atoms with Crippen LogP contribution in [0.2, 0.25) is 0 Å². The Kier molecular flexibility index (Phi) is 7.96. The third-order valence-electron chi connectivity index (χ3n) is 8.35. The molecule has 2 aromatic carbocycles. The van der Waals surface area contributed by atoms with Crippen LogP contribution in [0.4, 0.5) is 18.9 Å². The fraction of sp³-hybridized carbons (Fsp3) is 0.412. The van der Waals surface area contributed by atoms with E-state index in [2.05, 4.69) is 6.58 Å². The molecule has 0 spiro atoms. The molecule has 3 aliphatic rings. The van der Waals surface area contributed by atoms with Crippen LogP contribution in [0.3, 0.4) is 0 Å². The number of hydrogen-bond donors (Lipinski definition) is 0.